The van der Waals surface area contributed by atoms with E-state index in [9.17, 15) is 0 Å². The first-order valence-corrected chi connectivity index (χ1v) is 9.11. The molecule has 2 N–H and O–H groups in total. The number of benzene rings is 2. The van der Waals surface area contributed by atoms with Crippen LogP contribution in [0.25, 0.3) is 0 Å². The highest BCUT2D eigenvalue weighted by molar-refractivity contribution is 5.48. The van der Waals surface area contributed by atoms with Crippen LogP contribution in [0.3, 0.4) is 0 Å². The van der Waals surface area contributed by atoms with Gasteiger partial charge in [-0.3, -0.25) is 0 Å². The molecule has 0 heterocycles. The van der Waals surface area contributed by atoms with Gasteiger partial charge in [0.1, 0.15) is 11.5 Å². The number of hydrogen-bond acceptors (Lipinski definition) is 4. The van der Waals surface area contributed by atoms with E-state index in [1.165, 1.54) is 0 Å². The quantitative estimate of drug-likeness (QED) is 0.562. The molecule has 0 fully saturated rings. The Morgan fingerprint density at radius 2 is 1.24 bits per heavy atom. The highest BCUT2D eigenvalue weighted by atomic mass is 16.5. The summed E-state index contributed by atoms with van der Waals surface area (Å²) >= 11 is 0. The van der Waals surface area contributed by atoms with Crippen molar-refractivity contribution in [2.24, 2.45) is 5.92 Å². The van der Waals surface area contributed by atoms with Gasteiger partial charge in [0.25, 0.3) is 0 Å². The van der Waals surface area contributed by atoms with Crippen molar-refractivity contribution in [1.82, 2.24) is 0 Å². The number of hydrogen-bond donors (Lipinski definition) is 2. The van der Waals surface area contributed by atoms with Crippen LogP contribution < -0.4 is 20.1 Å². The summed E-state index contributed by atoms with van der Waals surface area (Å²) in [5.41, 5.74) is 2.20. The lowest BCUT2D eigenvalue weighted by Gasteiger charge is -2.11. The maximum Gasteiger partial charge on any atom is 0.119 e. The predicted octanol–water partition coefficient (Wildman–Crippen LogP) is 5.03. The standard InChI is InChI=1S/C21H30N2O2/c1-4-24-20-9-5-18(6-10-20)22-14-15-23-19-7-11-21(12-8-19)25-16-13-17(2)3/h5-12,17,22-23H,4,13-16H2,1-3H3. The fraction of sp³-hybridized carbons (Fsp3) is 0.429. The molecule has 2 aromatic rings. The van der Waals surface area contributed by atoms with Crippen molar-refractivity contribution in [3.05, 3.63) is 48.5 Å². The molecule has 4 nitrogen and oxygen atoms in total. The molecule has 0 aliphatic heterocycles. The number of anilines is 2. The largest absolute Gasteiger partial charge is 0.494 e. The molecule has 25 heavy (non-hydrogen) atoms. The summed E-state index contributed by atoms with van der Waals surface area (Å²) in [7, 11) is 0. The fourth-order valence-electron chi connectivity index (χ4n) is 2.33. The summed E-state index contributed by atoms with van der Waals surface area (Å²) in [5.74, 6) is 2.50. The van der Waals surface area contributed by atoms with Crippen LogP contribution in [0.5, 0.6) is 11.5 Å². The van der Waals surface area contributed by atoms with Gasteiger partial charge in [-0.15, -0.1) is 0 Å². The van der Waals surface area contributed by atoms with E-state index >= 15 is 0 Å². The zero-order chi connectivity index (χ0) is 17.9. The summed E-state index contributed by atoms with van der Waals surface area (Å²) in [5, 5.41) is 6.80. The van der Waals surface area contributed by atoms with Gasteiger partial charge in [0.2, 0.25) is 0 Å². The van der Waals surface area contributed by atoms with Gasteiger partial charge in [0.05, 0.1) is 13.2 Å². The van der Waals surface area contributed by atoms with Gasteiger partial charge in [0.15, 0.2) is 0 Å². The first-order valence-electron chi connectivity index (χ1n) is 9.11. The van der Waals surface area contributed by atoms with E-state index < -0.39 is 0 Å². The van der Waals surface area contributed by atoms with Gasteiger partial charge in [-0.2, -0.15) is 0 Å². The second-order valence-electron chi connectivity index (χ2n) is 6.37. The molecule has 0 saturated heterocycles. The molecule has 2 rings (SSSR count). The number of ether oxygens (including phenoxy) is 2. The first kappa shape index (κ1) is 19.0. The van der Waals surface area contributed by atoms with E-state index in [1.54, 1.807) is 0 Å². The van der Waals surface area contributed by atoms with Crippen molar-refractivity contribution in [2.75, 3.05) is 36.9 Å². The molecule has 0 saturated carbocycles. The summed E-state index contributed by atoms with van der Waals surface area (Å²) in [6, 6.07) is 16.2. The van der Waals surface area contributed by atoms with Crippen molar-refractivity contribution in [2.45, 2.75) is 27.2 Å². The van der Waals surface area contributed by atoms with Crippen molar-refractivity contribution in [3.8, 4) is 11.5 Å². The first-order chi connectivity index (χ1) is 12.2. The minimum atomic E-state index is 0.670. The van der Waals surface area contributed by atoms with E-state index in [0.29, 0.717) is 12.5 Å². The van der Waals surface area contributed by atoms with E-state index in [0.717, 1.165) is 49.0 Å². The molecule has 0 spiro atoms. The number of rotatable bonds is 11. The van der Waals surface area contributed by atoms with E-state index in [4.69, 9.17) is 9.47 Å². The molecule has 0 aromatic heterocycles. The molecule has 0 aliphatic carbocycles. The van der Waals surface area contributed by atoms with Gasteiger partial charge in [-0.25, -0.2) is 0 Å². The summed E-state index contributed by atoms with van der Waals surface area (Å²) in [6.07, 6.45) is 1.08. The average molecular weight is 342 g/mol. The van der Waals surface area contributed by atoms with Gasteiger partial charge in [-0.05, 0) is 67.8 Å². The van der Waals surface area contributed by atoms with Crippen LogP contribution >= 0.6 is 0 Å². The van der Waals surface area contributed by atoms with Crippen molar-refractivity contribution in [3.63, 3.8) is 0 Å². The van der Waals surface area contributed by atoms with Crippen LogP contribution in [0.15, 0.2) is 48.5 Å². The minimum Gasteiger partial charge on any atom is -0.494 e. The summed E-state index contributed by atoms with van der Waals surface area (Å²) in [6.45, 7) is 9.56. The Labute approximate surface area is 151 Å². The lowest BCUT2D eigenvalue weighted by molar-refractivity contribution is 0.289. The van der Waals surface area contributed by atoms with Crippen LogP contribution in [-0.2, 0) is 0 Å². The normalized spacial score (nSPS) is 10.6. The molecule has 0 radical (unpaired) electrons. The van der Waals surface area contributed by atoms with E-state index in [-0.39, 0.29) is 0 Å². The monoisotopic (exact) mass is 342 g/mol. The van der Waals surface area contributed by atoms with Crippen LogP contribution in [0, 0.1) is 5.92 Å². The molecule has 136 valence electrons. The van der Waals surface area contributed by atoms with Crippen molar-refractivity contribution < 1.29 is 9.47 Å². The number of nitrogens with one attached hydrogen (secondary N) is 2. The molecule has 2 aromatic carbocycles. The Balaban J connectivity index is 1.65. The molecular weight excluding hydrogens is 312 g/mol. The van der Waals surface area contributed by atoms with Gasteiger partial charge in [-0.1, -0.05) is 13.8 Å². The molecule has 4 heteroatoms. The second-order valence-corrected chi connectivity index (χ2v) is 6.37. The average Bonchev–Trinajstić information content (AvgIpc) is 2.61. The Kier molecular flexibility index (Phi) is 7.96. The minimum absolute atomic E-state index is 0.670. The third-order valence-corrected chi connectivity index (χ3v) is 3.77. The van der Waals surface area contributed by atoms with Crippen LogP contribution in [0.4, 0.5) is 11.4 Å². The van der Waals surface area contributed by atoms with Crippen molar-refractivity contribution >= 4 is 11.4 Å². The van der Waals surface area contributed by atoms with Gasteiger partial charge >= 0.3 is 0 Å². The van der Waals surface area contributed by atoms with E-state index in [1.807, 2.05) is 43.3 Å². The van der Waals surface area contributed by atoms with Crippen molar-refractivity contribution in [1.29, 1.82) is 0 Å². The highest BCUT2D eigenvalue weighted by Gasteiger charge is 1.98. The predicted molar refractivity (Wildman–Crippen MR) is 106 cm³/mol. The lowest BCUT2D eigenvalue weighted by Crippen LogP contribution is -2.13. The maximum absolute atomic E-state index is 5.73. The molecule has 0 atom stereocenters. The topological polar surface area (TPSA) is 42.5 Å². The Hall–Kier alpha value is -2.36. The third-order valence-electron chi connectivity index (χ3n) is 3.77. The fourth-order valence-corrected chi connectivity index (χ4v) is 2.33. The Bertz CT molecular complexity index is 594. The SMILES string of the molecule is CCOc1ccc(NCCNc2ccc(OCCC(C)C)cc2)cc1. The highest BCUT2D eigenvalue weighted by Crippen LogP contribution is 2.17. The molecule has 0 amide bonds. The maximum atomic E-state index is 5.73. The zero-order valence-electron chi connectivity index (χ0n) is 15.5. The van der Waals surface area contributed by atoms with Gasteiger partial charge < -0.3 is 20.1 Å². The van der Waals surface area contributed by atoms with Crippen LogP contribution in [-0.4, -0.2) is 26.3 Å². The lowest BCUT2D eigenvalue weighted by atomic mass is 10.1. The Morgan fingerprint density at radius 3 is 1.68 bits per heavy atom. The van der Waals surface area contributed by atoms with Crippen LogP contribution in [0.2, 0.25) is 0 Å². The smallest absolute Gasteiger partial charge is 0.119 e. The zero-order valence-corrected chi connectivity index (χ0v) is 15.5. The molecular formula is C21H30N2O2. The van der Waals surface area contributed by atoms with E-state index in [2.05, 4.69) is 36.6 Å². The van der Waals surface area contributed by atoms with Gasteiger partial charge in [0, 0.05) is 24.5 Å². The van der Waals surface area contributed by atoms with Crippen LogP contribution in [0.1, 0.15) is 27.2 Å². The second kappa shape index (κ2) is 10.5. The third kappa shape index (κ3) is 7.38. The summed E-state index contributed by atoms with van der Waals surface area (Å²) < 4.78 is 11.2. The molecule has 0 aliphatic rings. The summed E-state index contributed by atoms with van der Waals surface area (Å²) in [4.78, 5) is 0. The molecule has 0 unspecified atom stereocenters. The molecule has 0 bridgehead atoms. The Morgan fingerprint density at radius 1 is 0.760 bits per heavy atom.